The topological polar surface area (TPSA) is 13.1 Å². The fourth-order valence-corrected chi connectivity index (χ4v) is 6.63. The molecule has 1 aliphatic carbocycles. The maximum atomic E-state index is 9.46. The van der Waals surface area contributed by atoms with Crippen LogP contribution in [-0.2, 0) is 0 Å². The number of rotatable bonds is 6. The van der Waals surface area contributed by atoms with Gasteiger partial charge in [-0.15, -0.1) is 6.58 Å². The smallest absolute Gasteiger partial charge is 0.136 e. The maximum Gasteiger partial charge on any atom is 0.136 e. The number of hydrogen-bond acceptors (Lipinski definition) is 1. The van der Waals surface area contributed by atoms with Crippen molar-refractivity contribution in [3.8, 4) is 11.1 Å². The highest BCUT2D eigenvalue weighted by Gasteiger charge is 2.32. The number of allylic oxidation sites excluding steroid dienone is 2. The third-order valence-electron chi connectivity index (χ3n) is 8.51. The molecule has 8 rings (SSSR count). The van der Waals surface area contributed by atoms with Gasteiger partial charge in [0.15, 0.2) is 0 Å². The van der Waals surface area contributed by atoms with Crippen molar-refractivity contribution in [3.05, 3.63) is 197 Å². The summed E-state index contributed by atoms with van der Waals surface area (Å²) in [6, 6.07) is 26.3. The maximum absolute atomic E-state index is 9.46. The molecule has 0 bridgehead atoms. The molecule has 45 heavy (non-hydrogen) atoms. The van der Waals surface area contributed by atoms with Gasteiger partial charge in [-0.1, -0.05) is 158 Å². The van der Waals surface area contributed by atoms with Gasteiger partial charge >= 0.3 is 0 Å². The molecule has 2 atom stereocenters. The van der Waals surface area contributed by atoms with E-state index >= 15 is 0 Å². The van der Waals surface area contributed by atoms with E-state index in [4.69, 9.17) is 14.0 Å². The van der Waals surface area contributed by atoms with E-state index in [1.54, 1.807) is 0 Å². The van der Waals surface area contributed by atoms with E-state index in [9.17, 15) is 2.74 Å². The molecular formula is C44H32O. The van der Waals surface area contributed by atoms with Gasteiger partial charge < -0.3 is 4.42 Å². The largest absolute Gasteiger partial charge is 0.456 e. The van der Waals surface area contributed by atoms with E-state index in [1.807, 2.05) is 109 Å². The Bertz CT molecular complexity index is 2830. The fraction of sp³-hybridized carbons (Fsp3) is 0.0455. The lowest BCUT2D eigenvalue weighted by atomic mass is 9.70. The molecule has 0 saturated carbocycles. The Hall–Kier alpha value is -5.66. The van der Waals surface area contributed by atoms with Crippen molar-refractivity contribution < 1.29 is 16.8 Å². The lowest BCUT2D eigenvalue weighted by molar-refractivity contribution is 0.668. The normalized spacial score (nSPS) is 19.2. The van der Waals surface area contributed by atoms with E-state index in [-0.39, 0.29) is 22.7 Å². The molecule has 1 aromatic heterocycles. The van der Waals surface area contributed by atoms with Crippen LogP contribution in [0, 0.1) is 11.8 Å². The molecule has 1 heterocycles. The SMILES string of the molecule is [2H]c1c([2H])c([2H])c(-c2c([2H])c([2H])c([2H])c([2H])c2C2=c3ccccc3=C(c3cccc4oc5ccccc5c34)C(C=C)C2/C=C/c2ccccc2)c([2H])c1[2H]. The van der Waals surface area contributed by atoms with Crippen LogP contribution in [0.4, 0.5) is 0 Å². The van der Waals surface area contributed by atoms with Crippen LogP contribution in [0.15, 0.2) is 175 Å². The molecule has 1 aliphatic rings. The number of para-hydroxylation sites is 1. The van der Waals surface area contributed by atoms with Crippen molar-refractivity contribution in [3.63, 3.8) is 0 Å². The van der Waals surface area contributed by atoms with Crippen LogP contribution in [0.3, 0.4) is 0 Å². The second-order valence-corrected chi connectivity index (χ2v) is 11.0. The van der Waals surface area contributed by atoms with Gasteiger partial charge in [0, 0.05) is 22.6 Å². The first-order valence-corrected chi connectivity index (χ1v) is 14.8. The second kappa shape index (κ2) is 11.4. The standard InChI is InChI=1S/C44H32O/c1-2-32-37(29-28-30-16-5-3-6-17-30)43(34-21-10-9-20-33(34)31-18-7-4-8-19-31)36-23-12-11-22-35(36)42(32)39-25-15-27-41-44(39)38-24-13-14-26-40(38)45-41/h2-29,32,37H,1H2/b29-28+/i4D,7D,8D,9D,10D,18D,19D,20D,21D. The lowest BCUT2D eigenvalue weighted by Gasteiger charge is -2.33. The molecule has 1 nitrogen and oxygen atoms in total. The minimum absolute atomic E-state index is 0.0626. The van der Waals surface area contributed by atoms with Crippen molar-refractivity contribution in [1.29, 1.82) is 0 Å². The first-order valence-electron chi connectivity index (χ1n) is 19.3. The average molecular weight is 586 g/mol. The Labute approximate surface area is 276 Å². The van der Waals surface area contributed by atoms with E-state index < -0.39 is 60.2 Å². The summed E-state index contributed by atoms with van der Waals surface area (Å²) in [4.78, 5) is 0. The zero-order valence-corrected chi connectivity index (χ0v) is 24.2. The van der Waals surface area contributed by atoms with Crippen molar-refractivity contribution >= 4 is 39.2 Å². The van der Waals surface area contributed by atoms with Gasteiger partial charge in [0.2, 0.25) is 0 Å². The molecular weight excluding hydrogens is 544 g/mol. The molecule has 7 aromatic rings. The van der Waals surface area contributed by atoms with Crippen molar-refractivity contribution in [1.82, 2.24) is 0 Å². The molecule has 0 amide bonds. The molecule has 0 fully saturated rings. The Balaban J connectivity index is 1.60. The fourth-order valence-electron chi connectivity index (χ4n) is 6.63. The van der Waals surface area contributed by atoms with Crippen LogP contribution in [-0.4, -0.2) is 0 Å². The van der Waals surface area contributed by atoms with E-state index in [0.29, 0.717) is 16.4 Å². The quantitative estimate of drug-likeness (QED) is 0.177. The average Bonchev–Trinajstić information content (AvgIpc) is 3.59. The summed E-state index contributed by atoms with van der Waals surface area (Å²) in [5.41, 5.74) is 4.36. The number of furan rings is 1. The van der Waals surface area contributed by atoms with Crippen molar-refractivity contribution in [2.45, 2.75) is 0 Å². The summed E-state index contributed by atoms with van der Waals surface area (Å²) in [5, 5.41) is 3.36. The summed E-state index contributed by atoms with van der Waals surface area (Å²) in [5.74, 6) is -1.08. The van der Waals surface area contributed by atoms with Gasteiger partial charge in [-0.2, -0.15) is 0 Å². The highest BCUT2D eigenvalue weighted by atomic mass is 16.3. The first kappa shape index (κ1) is 18.9. The summed E-state index contributed by atoms with van der Waals surface area (Å²) < 4.78 is 85.7. The highest BCUT2D eigenvalue weighted by Crippen LogP contribution is 2.44. The van der Waals surface area contributed by atoms with Crippen LogP contribution in [0.2, 0.25) is 0 Å². The lowest BCUT2D eigenvalue weighted by Crippen LogP contribution is -2.40. The molecule has 0 saturated heterocycles. The zero-order valence-electron chi connectivity index (χ0n) is 33.2. The summed E-state index contributed by atoms with van der Waals surface area (Å²) in [7, 11) is 0. The molecule has 214 valence electrons. The summed E-state index contributed by atoms with van der Waals surface area (Å²) in [6.45, 7) is 4.34. The predicted octanol–water partition coefficient (Wildman–Crippen LogP) is 9.80. The molecule has 0 spiro atoms. The van der Waals surface area contributed by atoms with Crippen LogP contribution < -0.4 is 10.4 Å². The van der Waals surface area contributed by atoms with Crippen LogP contribution >= 0.6 is 0 Å². The minimum atomic E-state index is -0.607. The van der Waals surface area contributed by atoms with Gasteiger partial charge in [0.25, 0.3) is 0 Å². The Kier molecular flexibility index (Phi) is 4.80. The number of benzene rings is 6. The van der Waals surface area contributed by atoms with Crippen LogP contribution in [0.25, 0.3) is 50.3 Å². The van der Waals surface area contributed by atoms with E-state index in [0.717, 1.165) is 38.3 Å². The zero-order chi connectivity index (χ0) is 38.0. The van der Waals surface area contributed by atoms with Gasteiger partial charge in [-0.3, -0.25) is 0 Å². The van der Waals surface area contributed by atoms with Gasteiger partial charge in [-0.05, 0) is 61.5 Å². The molecule has 0 N–H and O–H groups in total. The summed E-state index contributed by atoms with van der Waals surface area (Å²) in [6.07, 6.45) is 5.83. The predicted molar refractivity (Wildman–Crippen MR) is 189 cm³/mol. The Morgan fingerprint density at radius 3 is 2.00 bits per heavy atom. The Morgan fingerprint density at radius 2 is 1.22 bits per heavy atom. The first-order chi connectivity index (χ1) is 26.0. The van der Waals surface area contributed by atoms with E-state index in [2.05, 4.69) is 12.6 Å². The monoisotopic (exact) mass is 585 g/mol. The Morgan fingerprint density at radius 1 is 0.578 bits per heavy atom. The molecule has 0 aliphatic heterocycles. The third-order valence-corrected chi connectivity index (χ3v) is 8.51. The van der Waals surface area contributed by atoms with Crippen LogP contribution in [0.5, 0.6) is 0 Å². The van der Waals surface area contributed by atoms with Crippen molar-refractivity contribution in [2.24, 2.45) is 11.8 Å². The summed E-state index contributed by atoms with van der Waals surface area (Å²) >= 11 is 0. The minimum Gasteiger partial charge on any atom is -0.456 e. The molecule has 2 unspecified atom stereocenters. The highest BCUT2D eigenvalue weighted by molar-refractivity contribution is 6.10. The van der Waals surface area contributed by atoms with Crippen LogP contribution in [0.1, 0.15) is 29.0 Å². The second-order valence-electron chi connectivity index (χ2n) is 11.0. The third kappa shape index (κ3) is 4.65. The molecule has 0 radical (unpaired) electrons. The van der Waals surface area contributed by atoms with Crippen molar-refractivity contribution in [2.75, 3.05) is 0 Å². The van der Waals surface area contributed by atoms with Gasteiger partial charge in [0.05, 0.1) is 12.3 Å². The molecule has 6 aromatic carbocycles. The number of fused-ring (bicyclic) bond motifs is 4. The van der Waals surface area contributed by atoms with E-state index in [1.165, 1.54) is 0 Å². The van der Waals surface area contributed by atoms with Gasteiger partial charge in [0.1, 0.15) is 11.2 Å². The van der Waals surface area contributed by atoms with Gasteiger partial charge in [-0.25, -0.2) is 0 Å². The number of hydrogen-bond donors (Lipinski definition) is 0. The molecule has 1 heteroatoms.